The summed E-state index contributed by atoms with van der Waals surface area (Å²) in [6, 6.07) is 1.90. The molecule has 2 heterocycles. The van der Waals surface area contributed by atoms with Gasteiger partial charge in [-0.15, -0.1) is 11.3 Å². The number of pyridine rings is 1. The number of hydrogen-bond acceptors (Lipinski definition) is 5. The third kappa shape index (κ3) is 4.11. The van der Waals surface area contributed by atoms with E-state index in [0.29, 0.717) is 18.8 Å². The Labute approximate surface area is 124 Å². The van der Waals surface area contributed by atoms with Crippen molar-refractivity contribution in [3.8, 4) is 5.75 Å². The molecular formula is C13H13BrN2O2S. The number of halogens is 1. The van der Waals surface area contributed by atoms with E-state index in [4.69, 9.17) is 4.74 Å². The van der Waals surface area contributed by atoms with Crippen LogP contribution in [0.5, 0.6) is 5.75 Å². The summed E-state index contributed by atoms with van der Waals surface area (Å²) in [5, 5.41) is 2.74. The zero-order chi connectivity index (χ0) is 13.8. The molecule has 0 aromatic carbocycles. The van der Waals surface area contributed by atoms with Crippen molar-refractivity contribution in [2.45, 2.75) is 26.9 Å². The molecule has 0 saturated carbocycles. The molecular weight excluding hydrogens is 328 g/mol. The largest absolute Gasteiger partial charge is 0.484 e. The molecule has 2 rings (SSSR count). The number of aryl methyl sites for hydroxylation is 1. The average Bonchev–Trinajstić information content (AvgIpc) is 2.74. The Hall–Kier alpha value is -1.27. The lowest BCUT2D eigenvalue weighted by Gasteiger charge is -2.06. The maximum Gasteiger partial charge on any atom is 0.152 e. The van der Waals surface area contributed by atoms with Gasteiger partial charge in [-0.2, -0.15) is 0 Å². The molecule has 0 radical (unpaired) electrons. The molecule has 0 fully saturated rings. The molecule has 19 heavy (non-hydrogen) atoms. The maximum atomic E-state index is 11.0. The van der Waals surface area contributed by atoms with Crippen LogP contribution in [0.2, 0.25) is 0 Å². The third-order valence-corrected chi connectivity index (χ3v) is 3.85. The van der Waals surface area contributed by atoms with Crippen molar-refractivity contribution in [1.29, 1.82) is 0 Å². The number of aromatic nitrogens is 2. The minimum atomic E-state index is 0.118. The van der Waals surface area contributed by atoms with E-state index in [0.717, 1.165) is 20.9 Å². The summed E-state index contributed by atoms with van der Waals surface area (Å²) in [7, 11) is 0. The van der Waals surface area contributed by atoms with Gasteiger partial charge in [0.1, 0.15) is 17.4 Å². The molecule has 0 N–H and O–H groups in total. The van der Waals surface area contributed by atoms with Gasteiger partial charge in [0, 0.05) is 11.1 Å². The van der Waals surface area contributed by atoms with Gasteiger partial charge < -0.3 is 4.74 Å². The maximum absolute atomic E-state index is 11.0. The van der Waals surface area contributed by atoms with Crippen molar-refractivity contribution in [2.24, 2.45) is 0 Å². The van der Waals surface area contributed by atoms with Gasteiger partial charge in [0.05, 0.1) is 22.8 Å². The lowest BCUT2D eigenvalue weighted by molar-refractivity contribution is -0.116. The number of hydrogen-bond donors (Lipinski definition) is 0. The van der Waals surface area contributed by atoms with Crippen LogP contribution in [0.4, 0.5) is 0 Å². The topological polar surface area (TPSA) is 52.1 Å². The Morgan fingerprint density at radius 1 is 1.53 bits per heavy atom. The van der Waals surface area contributed by atoms with Crippen LogP contribution in [0, 0.1) is 6.92 Å². The van der Waals surface area contributed by atoms with Crippen molar-refractivity contribution < 1.29 is 9.53 Å². The van der Waals surface area contributed by atoms with Crippen molar-refractivity contribution in [3.63, 3.8) is 0 Å². The molecule has 0 spiro atoms. The van der Waals surface area contributed by atoms with Gasteiger partial charge in [0.2, 0.25) is 0 Å². The van der Waals surface area contributed by atoms with E-state index in [-0.39, 0.29) is 5.78 Å². The van der Waals surface area contributed by atoms with Crippen molar-refractivity contribution >= 4 is 33.0 Å². The van der Waals surface area contributed by atoms with Crippen LogP contribution in [0.15, 0.2) is 22.1 Å². The molecule has 0 atom stereocenters. The van der Waals surface area contributed by atoms with Gasteiger partial charge >= 0.3 is 0 Å². The van der Waals surface area contributed by atoms with Gasteiger partial charge in [-0.3, -0.25) is 9.78 Å². The van der Waals surface area contributed by atoms with Crippen molar-refractivity contribution in [1.82, 2.24) is 9.97 Å². The van der Waals surface area contributed by atoms with Crippen LogP contribution in [0.1, 0.15) is 23.3 Å². The monoisotopic (exact) mass is 340 g/mol. The lowest BCUT2D eigenvalue weighted by Crippen LogP contribution is -1.99. The number of rotatable bonds is 5. The number of nitrogens with zero attached hydrogens (tertiary/aromatic N) is 2. The van der Waals surface area contributed by atoms with E-state index in [1.807, 2.05) is 18.4 Å². The molecule has 6 heteroatoms. The molecule has 0 bridgehead atoms. The Morgan fingerprint density at radius 2 is 2.32 bits per heavy atom. The second-order valence-electron chi connectivity index (χ2n) is 4.16. The zero-order valence-electron chi connectivity index (χ0n) is 10.6. The van der Waals surface area contributed by atoms with Crippen molar-refractivity contribution in [3.05, 3.63) is 38.5 Å². The first-order valence-electron chi connectivity index (χ1n) is 5.72. The standard InChI is InChI=1S/C13H13BrN2O2S/c1-8-3-11(14)12(5-15-8)18-6-10-7-19-13(16-10)4-9(2)17/h3,5,7H,4,6H2,1-2H3. The van der Waals surface area contributed by atoms with E-state index in [1.165, 1.54) is 11.3 Å². The van der Waals surface area contributed by atoms with Gasteiger partial charge in [-0.25, -0.2) is 4.98 Å². The first kappa shape index (κ1) is 14.1. The van der Waals surface area contributed by atoms with Crippen LogP contribution < -0.4 is 4.74 Å². The van der Waals surface area contributed by atoms with E-state index in [1.54, 1.807) is 13.1 Å². The fourth-order valence-corrected chi connectivity index (χ4v) is 2.88. The smallest absolute Gasteiger partial charge is 0.152 e. The highest BCUT2D eigenvalue weighted by molar-refractivity contribution is 9.10. The summed E-state index contributed by atoms with van der Waals surface area (Å²) < 4.78 is 6.52. The van der Waals surface area contributed by atoms with Crippen LogP contribution in [0.3, 0.4) is 0 Å². The molecule has 2 aromatic rings. The summed E-state index contributed by atoms with van der Waals surface area (Å²) in [5.74, 6) is 0.805. The molecule has 0 aliphatic rings. The number of thiazole rings is 1. The zero-order valence-corrected chi connectivity index (χ0v) is 13.0. The summed E-state index contributed by atoms with van der Waals surface area (Å²) >= 11 is 4.91. The highest BCUT2D eigenvalue weighted by atomic mass is 79.9. The van der Waals surface area contributed by atoms with E-state index in [2.05, 4.69) is 25.9 Å². The second kappa shape index (κ2) is 6.25. The number of ketones is 1. The normalized spacial score (nSPS) is 10.5. The molecule has 0 amide bonds. The van der Waals surface area contributed by atoms with Gasteiger partial charge in [-0.05, 0) is 35.8 Å². The predicted molar refractivity (Wildman–Crippen MR) is 77.5 cm³/mol. The molecule has 0 saturated heterocycles. The van der Waals surface area contributed by atoms with Crippen molar-refractivity contribution in [2.75, 3.05) is 0 Å². The molecule has 0 unspecified atom stereocenters. The van der Waals surface area contributed by atoms with Gasteiger partial charge in [0.15, 0.2) is 5.75 Å². The summed E-state index contributed by atoms with van der Waals surface area (Å²) in [6.07, 6.45) is 2.07. The number of ether oxygens (including phenoxy) is 1. The minimum Gasteiger partial charge on any atom is -0.484 e. The Kier molecular flexibility index (Phi) is 4.66. The highest BCUT2D eigenvalue weighted by Crippen LogP contribution is 2.25. The number of carbonyl (C=O) groups excluding carboxylic acids is 1. The fourth-order valence-electron chi connectivity index (χ4n) is 1.48. The van der Waals surface area contributed by atoms with Crippen LogP contribution in [-0.2, 0) is 17.8 Å². The third-order valence-electron chi connectivity index (χ3n) is 2.33. The van der Waals surface area contributed by atoms with Crippen LogP contribution in [0.25, 0.3) is 0 Å². The molecule has 100 valence electrons. The summed E-state index contributed by atoms with van der Waals surface area (Å²) in [4.78, 5) is 19.5. The Morgan fingerprint density at radius 3 is 3.00 bits per heavy atom. The Balaban J connectivity index is 1.98. The van der Waals surface area contributed by atoms with Crippen LogP contribution >= 0.6 is 27.3 Å². The predicted octanol–water partition coefficient (Wildman–Crippen LogP) is 3.32. The molecule has 2 aromatic heterocycles. The van der Waals surface area contributed by atoms with E-state index in [9.17, 15) is 4.79 Å². The van der Waals surface area contributed by atoms with E-state index >= 15 is 0 Å². The average molecular weight is 341 g/mol. The summed E-state index contributed by atoms with van der Waals surface area (Å²) in [6.45, 7) is 3.85. The quantitative estimate of drug-likeness (QED) is 0.837. The van der Waals surface area contributed by atoms with Gasteiger partial charge in [0.25, 0.3) is 0 Å². The SMILES string of the molecule is CC(=O)Cc1nc(COc2cnc(C)cc2Br)cs1. The van der Waals surface area contributed by atoms with Gasteiger partial charge in [-0.1, -0.05) is 0 Å². The molecule has 0 aliphatic heterocycles. The second-order valence-corrected chi connectivity index (χ2v) is 5.95. The minimum absolute atomic E-state index is 0.118. The van der Waals surface area contributed by atoms with Crippen LogP contribution in [-0.4, -0.2) is 15.8 Å². The molecule has 4 nitrogen and oxygen atoms in total. The number of carbonyl (C=O) groups is 1. The highest BCUT2D eigenvalue weighted by Gasteiger charge is 2.07. The fraction of sp³-hybridized carbons (Fsp3) is 0.308. The lowest BCUT2D eigenvalue weighted by atomic mass is 10.3. The molecule has 0 aliphatic carbocycles. The Bertz CT molecular complexity index is 598. The number of Topliss-reactive ketones (excluding diaryl/α,β-unsaturated/α-hetero) is 1. The van der Waals surface area contributed by atoms with E-state index < -0.39 is 0 Å². The first-order valence-corrected chi connectivity index (χ1v) is 7.39. The first-order chi connectivity index (χ1) is 9.04. The summed E-state index contributed by atoms with van der Waals surface area (Å²) in [5.41, 5.74) is 1.75.